The maximum absolute atomic E-state index is 12.1. The first kappa shape index (κ1) is 10.5. The lowest BCUT2D eigenvalue weighted by Gasteiger charge is -2.15. The fourth-order valence-corrected chi connectivity index (χ4v) is 1.99. The Balaban J connectivity index is 2.16. The highest BCUT2D eigenvalue weighted by atomic mass is 19.4. The molecule has 1 heterocycles. The number of rotatable bonds is 1. The molecule has 1 aromatic heterocycles. The summed E-state index contributed by atoms with van der Waals surface area (Å²) in [6.07, 6.45) is -2.49. The first-order valence-electron chi connectivity index (χ1n) is 5.07. The number of imidazole rings is 1. The highest BCUT2D eigenvalue weighted by Crippen LogP contribution is 2.26. The van der Waals surface area contributed by atoms with Crippen molar-refractivity contribution < 1.29 is 13.2 Å². The zero-order valence-electron chi connectivity index (χ0n) is 8.49. The Morgan fingerprint density at radius 3 is 2.87 bits per heavy atom. The molecule has 5 heteroatoms. The molecular weight excluding hydrogens is 205 g/mol. The first-order chi connectivity index (χ1) is 6.94. The molecule has 1 N–H and O–H groups in total. The summed E-state index contributed by atoms with van der Waals surface area (Å²) in [4.78, 5) is 6.78. The van der Waals surface area contributed by atoms with Crippen molar-refractivity contribution in [3.8, 4) is 0 Å². The molecule has 1 atom stereocenters. The Morgan fingerprint density at radius 2 is 2.20 bits per heavy atom. The van der Waals surface area contributed by atoms with Crippen LogP contribution in [-0.4, -0.2) is 16.1 Å². The van der Waals surface area contributed by atoms with E-state index in [1.54, 1.807) is 0 Å². The van der Waals surface area contributed by atoms with Gasteiger partial charge in [0.2, 0.25) is 0 Å². The SMILES string of the molecule is CC1CCc2nc(CC(F)(F)F)[nH]c2C1. The van der Waals surface area contributed by atoms with Crippen molar-refractivity contribution in [3.63, 3.8) is 0 Å². The van der Waals surface area contributed by atoms with E-state index in [4.69, 9.17) is 0 Å². The van der Waals surface area contributed by atoms with Gasteiger partial charge in [-0.1, -0.05) is 6.92 Å². The van der Waals surface area contributed by atoms with Crippen LogP contribution in [0.1, 0.15) is 30.6 Å². The van der Waals surface area contributed by atoms with Gasteiger partial charge in [0.15, 0.2) is 0 Å². The highest BCUT2D eigenvalue weighted by Gasteiger charge is 2.30. The van der Waals surface area contributed by atoms with Crippen molar-refractivity contribution in [2.45, 2.75) is 38.8 Å². The van der Waals surface area contributed by atoms with Crippen LogP contribution in [0.4, 0.5) is 13.2 Å². The molecular formula is C10H13F3N2. The van der Waals surface area contributed by atoms with E-state index in [1.807, 2.05) is 0 Å². The number of fused-ring (bicyclic) bond motifs is 1. The lowest BCUT2D eigenvalue weighted by atomic mass is 9.92. The van der Waals surface area contributed by atoms with Crippen LogP contribution in [-0.2, 0) is 19.3 Å². The molecule has 1 aromatic rings. The summed E-state index contributed by atoms with van der Waals surface area (Å²) >= 11 is 0. The first-order valence-corrected chi connectivity index (χ1v) is 5.07. The van der Waals surface area contributed by atoms with Gasteiger partial charge in [-0.2, -0.15) is 13.2 Å². The van der Waals surface area contributed by atoms with Crippen LogP contribution in [0.15, 0.2) is 0 Å². The zero-order valence-corrected chi connectivity index (χ0v) is 8.49. The van der Waals surface area contributed by atoms with Crippen LogP contribution in [0.5, 0.6) is 0 Å². The number of nitrogens with one attached hydrogen (secondary N) is 1. The number of nitrogens with zero attached hydrogens (tertiary/aromatic N) is 1. The second kappa shape index (κ2) is 3.54. The van der Waals surface area contributed by atoms with Crippen LogP contribution in [0, 0.1) is 5.92 Å². The normalized spacial score (nSPS) is 21.5. The van der Waals surface area contributed by atoms with Gasteiger partial charge in [-0.15, -0.1) is 0 Å². The summed E-state index contributed by atoms with van der Waals surface area (Å²) in [6, 6.07) is 0. The van der Waals surface area contributed by atoms with Gasteiger partial charge < -0.3 is 4.98 Å². The monoisotopic (exact) mass is 218 g/mol. The Labute approximate surface area is 85.9 Å². The van der Waals surface area contributed by atoms with Crippen LogP contribution in [0.2, 0.25) is 0 Å². The maximum atomic E-state index is 12.1. The topological polar surface area (TPSA) is 28.7 Å². The van der Waals surface area contributed by atoms with Crippen molar-refractivity contribution in [1.29, 1.82) is 0 Å². The van der Waals surface area contributed by atoms with Crippen molar-refractivity contribution in [3.05, 3.63) is 17.2 Å². The van der Waals surface area contributed by atoms with Gasteiger partial charge in [0.05, 0.1) is 5.69 Å². The average molecular weight is 218 g/mol. The standard InChI is InChI=1S/C10H13F3N2/c1-6-2-3-7-8(4-6)15-9(14-7)5-10(11,12)13/h6H,2-5H2,1H3,(H,14,15). The van der Waals surface area contributed by atoms with Crippen molar-refractivity contribution >= 4 is 0 Å². The summed E-state index contributed by atoms with van der Waals surface area (Å²) < 4.78 is 36.4. The summed E-state index contributed by atoms with van der Waals surface area (Å²) in [5, 5.41) is 0. The molecule has 0 spiro atoms. The van der Waals surface area contributed by atoms with Gasteiger partial charge in [0.1, 0.15) is 12.2 Å². The third-order valence-electron chi connectivity index (χ3n) is 2.71. The smallest absolute Gasteiger partial charge is 0.345 e. The van der Waals surface area contributed by atoms with E-state index in [0.717, 1.165) is 30.7 Å². The summed E-state index contributed by atoms with van der Waals surface area (Å²) in [7, 11) is 0. The molecule has 0 bridgehead atoms. The van der Waals surface area contributed by atoms with Crippen molar-refractivity contribution in [2.75, 3.05) is 0 Å². The van der Waals surface area contributed by atoms with Crippen LogP contribution < -0.4 is 0 Å². The van der Waals surface area contributed by atoms with Gasteiger partial charge in [0, 0.05) is 5.69 Å². The second-order valence-corrected chi connectivity index (χ2v) is 4.25. The molecule has 1 aliphatic rings. The molecule has 15 heavy (non-hydrogen) atoms. The van der Waals surface area contributed by atoms with E-state index < -0.39 is 12.6 Å². The third kappa shape index (κ3) is 2.52. The molecule has 0 radical (unpaired) electrons. The number of aryl methyl sites for hydroxylation is 1. The highest BCUT2D eigenvalue weighted by molar-refractivity contribution is 5.18. The number of hydrogen-bond acceptors (Lipinski definition) is 1. The predicted octanol–water partition coefficient (Wildman–Crippen LogP) is 2.64. The number of H-pyrrole nitrogens is 1. The minimum atomic E-state index is -4.17. The van der Waals surface area contributed by atoms with Crippen LogP contribution in [0.25, 0.3) is 0 Å². The molecule has 2 rings (SSSR count). The van der Waals surface area contributed by atoms with Gasteiger partial charge in [-0.3, -0.25) is 0 Å². The lowest BCUT2D eigenvalue weighted by Crippen LogP contribution is -2.12. The molecule has 0 fully saturated rings. The summed E-state index contributed by atoms with van der Waals surface area (Å²) in [5.41, 5.74) is 1.72. The van der Waals surface area contributed by atoms with Gasteiger partial charge in [0.25, 0.3) is 0 Å². The molecule has 84 valence electrons. The minimum absolute atomic E-state index is 0.0570. The van der Waals surface area contributed by atoms with E-state index in [2.05, 4.69) is 16.9 Å². The van der Waals surface area contributed by atoms with E-state index >= 15 is 0 Å². The average Bonchev–Trinajstić information content (AvgIpc) is 2.42. The molecule has 1 aliphatic carbocycles. The maximum Gasteiger partial charge on any atom is 0.396 e. The van der Waals surface area contributed by atoms with Gasteiger partial charge in [-0.25, -0.2) is 4.98 Å². The van der Waals surface area contributed by atoms with Crippen molar-refractivity contribution in [2.24, 2.45) is 5.92 Å². The van der Waals surface area contributed by atoms with E-state index in [-0.39, 0.29) is 5.82 Å². The number of alkyl halides is 3. The fourth-order valence-electron chi connectivity index (χ4n) is 1.99. The Hall–Kier alpha value is -1.00. The molecule has 0 aliphatic heterocycles. The quantitative estimate of drug-likeness (QED) is 0.771. The number of aromatic amines is 1. The number of halogens is 3. The third-order valence-corrected chi connectivity index (χ3v) is 2.71. The van der Waals surface area contributed by atoms with Crippen molar-refractivity contribution in [1.82, 2.24) is 9.97 Å². The molecule has 0 aromatic carbocycles. The molecule has 0 saturated heterocycles. The van der Waals surface area contributed by atoms with E-state index in [0.29, 0.717) is 5.92 Å². The Morgan fingerprint density at radius 1 is 1.47 bits per heavy atom. The Bertz CT molecular complexity index is 354. The molecule has 0 saturated carbocycles. The van der Waals surface area contributed by atoms with E-state index in [9.17, 15) is 13.2 Å². The summed E-state index contributed by atoms with van der Waals surface area (Å²) in [6.45, 7) is 2.10. The van der Waals surface area contributed by atoms with Gasteiger partial charge >= 0.3 is 6.18 Å². The molecule has 2 nitrogen and oxygen atoms in total. The largest absolute Gasteiger partial charge is 0.396 e. The van der Waals surface area contributed by atoms with Crippen LogP contribution >= 0.6 is 0 Å². The second-order valence-electron chi connectivity index (χ2n) is 4.25. The van der Waals surface area contributed by atoms with Crippen LogP contribution in [0.3, 0.4) is 0 Å². The zero-order chi connectivity index (χ0) is 11.1. The van der Waals surface area contributed by atoms with Gasteiger partial charge in [-0.05, 0) is 25.2 Å². The predicted molar refractivity (Wildman–Crippen MR) is 49.5 cm³/mol. The molecule has 1 unspecified atom stereocenters. The number of hydrogen-bond donors (Lipinski definition) is 1. The lowest BCUT2D eigenvalue weighted by molar-refractivity contribution is -0.128. The Kier molecular flexibility index (Phi) is 2.48. The molecule has 0 amide bonds. The number of aromatic nitrogens is 2. The fraction of sp³-hybridized carbons (Fsp3) is 0.700. The minimum Gasteiger partial charge on any atom is -0.345 e. The van der Waals surface area contributed by atoms with E-state index in [1.165, 1.54) is 0 Å². The summed E-state index contributed by atoms with van der Waals surface area (Å²) in [5.74, 6) is 0.596.